The van der Waals surface area contributed by atoms with Gasteiger partial charge in [-0.3, -0.25) is 4.79 Å². The number of nitrogens with zero attached hydrogens (tertiary/aromatic N) is 1. The molecule has 0 saturated carbocycles. The van der Waals surface area contributed by atoms with Gasteiger partial charge in [-0.25, -0.2) is 0 Å². The van der Waals surface area contributed by atoms with Crippen LogP contribution < -0.4 is 0 Å². The van der Waals surface area contributed by atoms with Crippen molar-refractivity contribution in [2.45, 2.75) is 25.6 Å². The van der Waals surface area contributed by atoms with Crippen LogP contribution in [0.15, 0.2) is 0 Å². The molecule has 10 heavy (non-hydrogen) atoms. The van der Waals surface area contributed by atoms with Gasteiger partial charge in [-0.05, 0) is 13.8 Å². The molecule has 1 aliphatic heterocycles. The Hall–Kier alpha value is -0.180. The number of hydrogen-bond donors (Lipinski definition) is 0. The number of carbonyl (C=O) groups is 1. The number of carbonyl (C=O) groups excluding carboxylic acids is 1. The molecule has 0 aromatic rings. The van der Waals surface area contributed by atoms with E-state index < -0.39 is 0 Å². The van der Waals surface area contributed by atoms with Gasteiger partial charge in [-0.2, -0.15) is 0 Å². The smallest absolute Gasteiger partial charge is 0.220 e. The summed E-state index contributed by atoms with van der Waals surface area (Å²) in [6.07, 6.45) is 0. The van der Waals surface area contributed by atoms with Gasteiger partial charge in [-0.15, -0.1) is 11.8 Å². The highest BCUT2D eigenvalue weighted by atomic mass is 32.2. The molecule has 58 valence electrons. The van der Waals surface area contributed by atoms with Crippen LogP contribution in [0.4, 0.5) is 0 Å². The maximum atomic E-state index is 11.0. The molecule has 1 fully saturated rings. The Morgan fingerprint density at radius 3 is 2.40 bits per heavy atom. The molecule has 0 aliphatic carbocycles. The van der Waals surface area contributed by atoms with E-state index in [4.69, 9.17) is 0 Å². The lowest BCUT2D eigenvalue weighted by atomic mass is 10.3. The Morgan fingerprint density at radius 1 is 1.60 bits per heavy atom. The lowest BCUT2D eigenvalue weighted by Gasteiger charge is -2.29. The van der Waals surface area contributed by atoms with E-state index in [0.29, 0.717) is 0 Å². The van der Waals surface area contributed by atoms with Crippen molar-refractivity contribution < 1.29 is 4.79 Å². The number of rotatable bonds is 0. The predicted molar refractivity (Wildman–Crippen MR) is 43.9 cm³/mol. The minimum absolute atomic E-state index is 0.0336. The molecule has 1 rings (SSSR count). The zero-order valence-corrected chi connectivity index (χ0v) is 7.49. The molecule has 2 nitrogen and oxygen atoms in total. The lowest BCUT2D eigenvalue weighted by molar-refractivity contribution is -0.130. The van der Waals surface area contributed by atoms with E-state index in [0.717, 1.165) is 12.3 Å². The van der Waals surface area contributed by atoms with Crippen molar-refractivity contribution in [3.63, 3.8) is 0 Å². The van der Waals surface area contributed by atoms with Gasteiger partial charge in [0.1, 0.15) is 0 Å². The average molecular weight is 159 g/mol. The molecule has 1 amide bonds. The third-order valence-corrected chi connectivity index (χ3v) is 3.11. The van der Waals surface area contributed by atoms with Crippen LogP contribution in [0.2, 0.25) is 0 Å². The molecule has 0 bridgehead atoms. The van der Waals surface area contributed by atoms with Crippen LogP contribution in [0.3, 0.4) is 0 Å². The van der Waals surface area contributed by atoms with Gasteiger partial charge in [0, 0.05) is 19.2 Å². The van der Waals surface area contributed by atoms with Crippen molar-refractivity contribution in [1.29, 1.82) is 0 Å². The summed E-state index contributed by atoms with van der Waals surface area (Å²) in [5.74, 6) is 1.27. The molecule has 0 atom stereocenters. The van der Waals surface area contributed by atoms with Crippen LogP contribution in [0.25, 0.3) is 0 Å². The normalized spacial score (nSPS) is 23.3. The average Bonchev–Trinajstić information content (AvgIpc) is 2.08. The van der Waals surface area contributed by atoms with E-state index in [-0.39, 0.29) is 10.8 Å². The van der Waals surface area contributed by atoms with Gasteiger partial charge in [0.05, 0.1) is 4.87 Å². The molecule has 1 saturated heterocycles. The third kappa shape index (κ3) is 1.29. The van der Waals surface area contributed by atoms with E-state index in [1.807, 2.05) is 16.7 Å². The van der Waals surface area contributed by atoms with Crippen LogP contribution in [0.5, 0.6) is 0 Å². The van der Waals surface area contributed by atoms with Gasteiger partial charge in [0.15, 0.2) is 0 Å². The highest BCUT2D eigenvalue weighted by Gasteiger charge is 2.33. The molecule has 0 N–H and O–H groups in total. The van der Waals surface area contributed by atoms with Crippen molar-refractivity contribution in [3.05, 3.63) is 0 Å². The summed E-state index contributed by atoms with van der Waals surface area (Å²) < 4.78 is 0. The van der Waals surface area contributed by atoms with Gasteiger partial charge in [0.25, 0.3) is 0 Å². The maximum absolute atomic E-state index is 11.0. The molecule has 0 unspecified atom stereocenters. The predicted octanol–water partition coefficient (Wildman–Crippen LogP) is 1.32. The van der Waals surface area contributed by atoms with Crippen molar-refractivity contribution in [1.82, 2.24) is 4.90 Å². The zero-order valence-electron chi connectivity index (χ0n) is 6.68. The number of hydrogen-bond acceptors (Lipinski definition) is 2. The molecule has 0 spiro atoms. The first kappa shape index (κ1) is 7.92. The summed E-state index contributed by atoms with van der Waals surface area (Å²) in [5.41, 5.74) is 0. The molecule has 3 heteroatoms. The molecule has 1 heterocycles. The van der Waals surface area contributed by atoms with Crippen LogP contribution in [0.1, 0.15) is 20.8 Å². The van der Waals surface area contributed by atoms with E-state index in [1.165, 1.54) is 0 Å². The lowest BCUT2D eigenvalue weighted by Crippen LogP contribution is -2.39. The minimum Gasteiger partial charge on any atom is -0.328 e. The second-order valence-electron chi connectivity index (χ2n) is 2.97. The van der Waals surface area contributed by atoms with Crippen molar-refractivity contribution in [3.8, 4) is 0 Å². The first-order valence-electron chi connectivity index (χ1n) is 3.46. The molecule has 1 aliphatic rings. The summed E-state index contributed by atoms with van der Waals surface area (Å²) in [6, 6.07) is 0. The summed E-state index contributed by atoms with van der Waals surface area (Å²) in [7, 11) is 0. The first-order chi connectivity index (χ1) is 4.54. The Kier molecular flexibility index (Phi) is 1.95. The monoisotopic (exact) mass is 159 g/mol. The molecule has 0 aromatic carbocycles. The zero-order chi connectivity index (χ0) is 7.78. The van der Waals surface area contributed by atoms with Gasteiger partial charge in [-0.1, -0.05) is 0 Å². The number of amides is 1. The summed E-state index contributed by atoms with van der Waals surface area (Å²) in [4.78, 5) is 12.9. The van der Waals surface area contributed by atoms with Crippen LogP contribution >= 0.6 is 11.8 Å². The Morgan fingerprint density at radius 2 is 2.20 bits per heavy atom. The number of thioether (sulfide) groups is 1. The fraction of sp³-hybridized carbons (Fsp3) is 0.857. The van der Waals surface area contributed by atoms with Crippen molar-refractivity contribution >= 4 is 17.7 Å². The van der Waals surface area contributed by atoms with E-state index in [9.17, 15) is 4.79 Å². The van der Waals surface area contributed by atoms with Crippen LogP contribution in [-0.2, 0) is 4.79 Å². The van der Waals surface area contributed by atoms with Crippen molar-refractivity contribution in [2.75, 3.05) is 12.3 Å². The second kappa shape index (κ2) is 2.46. The quantitative estimate of drug-likeness (QED) is 0.531. The molecule has 0 aromatic heterocycles. The van der Waals surface area contributed by atoms with Gasteiger partial charge in [0.2, 0.25) is 5.91 Å². The highest BCUT2D eigenvalue weighted by Crippen LogP contribution is 2.34. The van der Waals surface area contributed by atoms with E-state index >= 15 is 0 Å². The largest absolute Gasteiger partial charge is 0.328 e. The second-order valence-corrected chi connectivity index (χ2v) is 4.66. The van der Waals surface area contributed by atoms with Crippen LogP contribution in [-0.4, -0.2) is 28.0 Å². The van der Waals surface area contributed by atoms with Crippen LogP contribution in [0, 0.1) is 0 Å². The van der Waals surface area contributed by atoms with E-state index in [2.05, 4.69) is 13.8 Å². The fourth-order valence-electron chi connectivity index (χ4n) is 1.27. The molecular formula is C7H13NOS. The Balaban J connectivity index is 2.68. The first-order valence-corrected chi connectivity index (χ1v) is 4.45. The van der Waals surface area contributed by atoms with Crippen molar-refractivity contribution in [2.24, 2.45) is 0 Å². The van der Waals surface area contributed by atoms with Gasteiger partial charge >= 0.3 is 0 Å². The fourth-order valence-corrected chi connectivity index (χ4v) is 2.42. The topological polar surface area (TPSA) is 20.3 Å². The molecule has 0 radical (unpaired) electrons. The standard InChI is InChI=1S/C7H13NOS/c1-6(9)8-4-5-10-7(8,2)3/h4-5H2,1-3H3. The maximum Gasteiger partial charge on any atom is 0.220 e. The Bertz CT molecular complexity index is 156. The summed E-state index contributed by atoms with van der Waals surface area (Å²) in [5, 5.41) is 0. The third-order valence-electron chi connectivity index (χ3n) is 1.80. The Labute approximate surface area is 66.0 Å². The summed E-state index contributed by atoms with van der Waals surface area (Å²) in [6.45, 7) is 6.72. The SMILES string of the molecule is CC(=O)N1CCSC1(C)C. The molecular weight excluding hydrogens is 146 g/mol. The van der Waals surface area contributed by atoms with Gasteiger partial charge < -0.3 is 4.90 Å². The summed E-state index contributed by atoms with van der Waals surface area (Å²) >= 11 is 1.84. The highest BCUT2D eigenvalue weighted by molar-refractivity contribution is 8.00. The minimum atomic E-state index is 0.0336. The van der Waals surface area contributed by atoms with E-state index in [1.54, 1.807) is 6.92 Å².